The van der Waals surface area contributed by atoms with E-state index in [9.17, 15) is 9.59 Å². The number of carbonyl (C=O) groups excluding carboxylic acids is 1. The molecule has 6 nitrogen and oxygen atoms in total. The summed E-state index contributed by atoms with van der Waals surface area (Å²) in [6.07, 6.45) is 4.57. The third kappa shape index (κ3) is 3.84. The van der Waals surface area contributed by atoms with Crippen LogP contribution in [0, 0.1) is 6.92 Å². The molecule has 20 heavy (non-hydrogen) atoms. The van der Waals surface area contributed by atoms with Crippen LogP contribution in [-0.4, -0.2) is 29.7 Å². The third-order valence-corrected chi connectivity index (χ3v) is 3.41. The number of rotatable bonds is 6. The van der Waals surface area contributed by atoms with Crippen molar-refractivity contribution in [1.82, 2.24) is 5.32 Å². The number of nitrogens with one attached hydrogen (secondary N) is 1. The molecule has 0 saturated heterocycles. The van der Waals surface area contributed by atoms with Gasteiger partial charge in [0.2, 0.25) is 5.91 Å². The molecule has 1 aliphatic carbocycles. The van der Waals surface area contributed by atoms with Crippen molar-refractivity contribution in [3.05, 3.63) is 23.2 Å². The van der Waals surface area contributed by atoms with Gasteiger partial charge in [-0.2, -0.15) is 0 Å². The molecular formula is C14H19NO5. The summed E-state index contributed by atoms with van der Waals surface area (Å²) in [7, 11) is 0. The Balaban J connectivity index is 1.75. The molecule has 2 rings (SSSR count). The second-order valence-corrected chi connectivity index (χ2v) is 4.98. The Morgan fingerprint density at radius 3 is 2.75 bits per heavy atom. The van der Waals surface area contributed by atoms with Crippen LogP contribution in [0.15, 0.2) is 10.5 Å². The van der Waals surface area contributed by atoms with Crippen LogP contribution in [0.4, 0.5) is 0 Å². The van der Waals surface area contributed by atoms with Gasteiger partial charge in [-0.05, 0) is 25.8 Å². The quantitative estimate of drug-likeness (QED) is 0.830. The van der Waals surface area contributed by atoms with Gasteiger partial charge in [0.25, 0.3) is 0 Å². The fraction of sp³-hybridized carbons (Fsp3) is 0.571. The lowest BCUT2D eigenvalue weighted by Crippen LogP contribution is -2.28. The Kier molecular flexibility index (Phi) is 4.79. The Morgan fingerprint density at radius 2 is 2.15 bits per heavy atom. The van der Waals surface area contributed by atoms with Crippen LogP contribution in [0.1, 0.15) is 47.6 Å². The molecular weight excluding hydrogens is 262 g/mol. The van der Waals surface area contributed by atoms with Crippen molar-refractivity contribution in [2.45, 2.75) is 45.3 Å². The van der Waals surface area contributed by atoms with Gasteiger partial charge in [0.1, 0.15) is 23.7 Å². The van der Waals surface area contributed by atoms with Gasteiger partial charge in [-0.25, -0.2) is 4.79 Å². The van der Waals surface area contributed by atoms with Crippen LogP contribution < -0.4 is 5.32 Å². The minimum Gasteiger partial charge on any atom is -0.478 e. The molecule has 6 heteroatoms. The van der Waals surface area contributed by atoms with Gasteiger partial charge in [0.15, 0.2) is 0 Å². The maximum absolute atomic E-state index is 11.6. The van der Waals surface area contributed by atoms with Gasteiger partial charge in [0, 0.05) is 0 Å². The van der Waals surface area contributed by atoms with E-state index in [1.54, 1.807) is 6.92 Å². The second-order valence-electron chi connectivity index (χ2n) is 4.98. The maximum atomic E-state index is 11.6. The van der Waals surface area contributed by atoms with Crippen molar-refractivity contribution >= 4 is 11.9 Å². The van der Waals surface area contributed by atoms with Gasteiger partial charge >= 0.3 is 5.97 Å². The zero-order chi connectivity index (χ0) is 14.5. The number of ether oxygens (including phenoxy) is 1. The molecule has 0 spiro atoms. The van der Waals surface area contributed by atoms with Gasteiger partial charge in [-0.15, -0.1) is 0 Å². The summed E-state index contributed by atoms with van der Waals surface area (Å²) in [6, 6.07) is 1.43. The van der Waals surface area contributed by atoms with Crippen molar-refractivity contribution in [2.24, 2.45) is 0 Å². The van der Waals surface area contributed by atoms with Crippen LogP contribution in [-0.2, 0) is 16.1 Å². The highest BCUT2D eigenvalue weighted by atomic mass is 16.5. The van der Waals surface area contributed by atoms with E-state index < -0.39 is 5.97 Å². The zero-order valence-electron chi connectivity index (χ0n) is 11.5. The Morgan fingerprint density at radius 1 is 1.45 bits per heavy atom. The smallest absolute Gasteiger partial charge is 0.339 e. The Labute approximate surface area is 117 Å². The topological polar surface area (TPSA) is 88.8 Å². The molecule has 0 aliphatic heterocycles. The number of carbonyl (C=O) groups is 2. The number of carboxylic acids is 1. The Hall–Kier alpha value is -1.82. The van der Waals surface area contributed by atoms with Gasteiger partial charge in [-0.1, -0.05) is 12.8 Å². The number of carboxylic acid groups (broad SMARTS) is 1. The van der Waals surface area contributed by atoms with Crippen molar-refractivity contribution in [2.75, 3.05) is 6.61 Å². The summed E-state index contributed by atoms with van der Waals surface area (Å²) >= 11 is 0. The summed E-state index contributed by atoms with van der Waals surface area (Å²) in [6.45, 7) is 1.79. The summed E-state index contributed by atoms with van der Waals surface area (Å²) in [5, 5.41) is 11.5. The fourth-order valence-electron chi connectivity index (χ4n) is 2.33. The zero-order valence-corrected chi connectivity index (χ0v) is 11.5. The molecule has 0 radical (unpaired) electrons. The molecule has 1 heterocycles. The molecule has 1 aromatic heterocycles. The largest absolute Gasteiger partial charge is 0.478 e. The Bertz CT molecular complexity index is 488. The highest BCUT2D eigenvalue weighted by molar-refractivity contribution is 5.88. The molecule has 1 saturated carbocycles. The minimum absolute atomic E-state index is 0.0378. The van der Waals surface area contributed by atoms with E-state index >= 15 is 0 Å². The number of hydrogen-bond acceptors (Lipinski definition) is 4. The number of aromatic carboxylic acids is 1. The average Bonchev–Trinajstić information content (AvgIpc) is 3.03. The van der Waals surface area contributed by atoms with Gasteiger partial charge in [0.05, 0.1) is 12.6 Å². The van der Waals surface area contributed by atoms with Crippen molar-refractivity contribution in [3.63, 3.8) is 0 Å². The lowest BCUT2D eigenvalue weighted by molar-refractivity contribution is -0.127. The summed E-state index contributed by atoms with van der Waals surface area (Å²) < 4.78 is 10.8. The highest BCUT2D eigenvalue weighted by Crippen LogP contribution is 2.20. The van der Waals surface area contributed by atoms with E-state index in [1.165, 1.54) is 6.07 Å². The van der Waals surface area contributed by atoms with Crippen molar-refractivity contribution < 1.29 is 23.8 Å². The minimum atomic E-state index is -1.03. The third-order valence-electron chi connectivity index (χ3n) is 3.41. The molecule has 1 aliphatic rings. The standard InChI is InChI=1S/C14H19NO5/c1-9-12(14(17)18)6-11(20-9)7-15-13(16)8-19-10-4-2-3-5-10/h6,10H,2-5,7-8H2,1H3,(H,15,16)(H,17,18). The first kappa shape index (κ1) is 14.6. The molecule has 0 bridgehead atoms. The first-order valence-electron chi connectivity index (χ1n) is 6.77. The lowest BCUT2D eigenvalue weighted by atomic mass is 10.2. The first-order valence-corrected chi connectivity index (χ1v) is 6.77. The van der Waals surface area contributed by atoms with Crippen LogP contribution >= 0.6 is 0 Å². The molecule has 1 amide bonds. The van der Waals surface area contributed by atoms with Crippen molar-refractivity contribution in [3.8, 4) is 0 Å². The maximum Gasteiger partial charge on any atom is 0.339 e. The monoisotopic (exact) mass is 281 g/mol. The van der Waals surface area contributed by atoms with Crippen LogP contribution in [0.5, 0.6) is 0 Å². The molecule has 2 N–H and O–H groups in total. The SMILES string of the molecule is Cc1oc(CNC(=O)COC2CCCC2)cc1C(=O)O. The van der Waals surface area contributed by atoms with E-state index in [0.29, 0.717) is 11.5 Å². The normalized spacial score (nSPS) is 15.4. The molecule has 0 unspecified atom stereocenters. The molecule has 110 valence electrons. The van der Waals surface area contributed by atoms with Gasteiger partial charge < -0.3 is 19.6 Å². The number of amides is 1. The molecule has 0 aromatic carbocycles. The number of furan rings is 1. The molecule has 0 atom stereocenters. The van der Waals surface area contributed by atoms with Crippen LogP contribution in [0.3, 0.4) is 0 Å². The number of aryl methyl sites for hydroxylation is 1. The number of hydrogen-bond donors (Lipinski definition) is 2. The predicted molar refractivity (Wildman–Crippen MR) is 70.5 cm³/mol. The van der Waals surface area contributed by atoms with E-state index in [1.807, 2.05) is 0 Å². The van der Waals surface area contributed by atoms with E-state index in [2.05, 4.69) is 5.32 Å². The highest BCUT2D eigenvalue weighted by Gasteiger charge is 2.17. The van der Waals surface area contributed by atoms with Crippen LogP contribution in [0.2, 0.25) is 0 Å². The summed E-state index contributed by atoms with van der Waals surface area (Å²) in [5.41, 5.74) is 0.122. The lowest BCUT2D eigenvalue weighted by Gasteiger charge is -2.10. The molecule has 1 fully saturated rings. The first-order chi connectivity index (χ1) is 9.56. The summed E-state index contributed by atoms with van der Waals surface area (Å²) in [4.78, 5) is 22.5. The fourth-order valence-corrected chi connectivity index (χ4v) is 2.33. The van der Waals surface area contributed by atoms with Crippen LogP contribution in [0.25, 0.3) is 0 Å². The summed E-state index contributed by atoms with van der Waals surface area (Å²) in [5.74, 6) is -0.491. The second kappa shape index (κ2) is 6.56. The predicted octanol–water partition coefficient (Wildman–Crippen LogP) is 1.86. The van der Waals surface area contributed by atoms with E-state index in [0.717, 1.165) is 25.7 Å². The van der Waals surface area contributed by atoms with Crippen molar-refractivity contribution in [1.29, 1.82) is 0 Å². The van der Waals surface area contributed by atoms with Gasteiger partial charge in [-0.3, -0.25) is 4.79 Å². The van der Waals surface area contributed by atoms with E-state index in [4.69, 9.17) is 14.3 Å². The average molecular weight is 281 g/mol. The van der Waals surface area contributed by atoms with E-state index in [-0.39, 0.29) is 30.7 Å². The molecule has 1 aromatic rings.